The first-order chi connectivity index (χ1) is 10.0. The summed E-state index contributed by atoms with van der Waals surface area (Å²) in [6, 6.07) is 5.01. The van der Waals surface area contributed by atoms with E-state index < -0.39 is 10.0 Å². The van der Waals surface area contributed by atoms with Gasteiger partial charge in [0.05, 0.1) is 5.69 Å². The van der Waals surface area contributed by atoms with Gasteiger partial charge in [-0.2, -0.15) is 0 Å². The predicted octanol–water partition coefficient (Wildman–Crippen LogP) is 2.02. The Bertz CT molecular complexity index is 610. The highest BCUT2D eigenvalue weighted by molar-refractivity contribution is 7.89. The molecule has 1 aromatic carbocycles. The number of hydrogen-bond acceptors (Lipinski definition) is 4. The third kappa shape index (κ3) is 3.32. The van der Waals surface area contributed by atoms with E-state index >= 15 is 0 Å². The molecule has 0 bridgehead atoms. The quantitative estimate of drug-likeness (QED) is 0.673. The molecule has 2 saturated carbocycles. The number of benzene rings is 1. The van der Waals surface area contributed by atoms with Crippen molar-refractivity contribution in [3.8, 4) is 0 Å². The number of rotatable bonds is 7. The first kappa shape index (κ1) is 14.7. The maximum Gasteiger partial charge on any atom is 0.242 e. The molecule has 0 heterocycles. The van der Waals surface area contributed by atoms with Crippen molar-refractivity contribution in [3.63, 3.8) is 0 Å². The minimum Gasteiger partial charge on any atom is -0.399 e. The molecule has 2 fully saturated rings. The fraction of sp³-hybridized carbons (Fsp3) is 0.600. The van der Waals surface area contributed by atoms with E-state index in [9.17, 15) is 8.42 Å². The zero-order chi connectivity index (χ0) is 15.0. The zero-order valence-corrected chi connectivity index (χ0v) is 13.1. The summed E-state index contributed by atoms with van der Waals surface area (Å²) in [6.07, 6.45) is 5.30. The molecule has 0 atom stereocenters. The standard InChI is InChI=1S/C15H23N3O2S/c1-17-21(19,20)15-8-12(16)6-7-14(15)18-9-13(10-2-3-10)11-4-5-11/h6-8,10-11,13,17-18H,2-5,9,16H2,1H3. The fourth-order valence-electron chi connectivity index (χ4n) is 3.01. The van der Waals surface area contributed by atoms with E-state index in [1.165, 1.54) is 38.8 Å². The maximum atomic E-state index is 12.1. The molecule has 0 unspecified atom stereocenters. The lowest BCUT2D eigenvalue weighted by molar-refractivity contribution is 0.428. The highest BCUT2D eigenvalue weighted by Crippen LogP contribution is 2.49. The number of sulfonamides is 1. The second-order valence-corrected chi connectivity index (χ2v) is 8.04. The van der Waals surface area contributed by atoms with Gasteiger partial charge in [-0.1, -0.05) is 0 Å². The van der Waals surface area contributed by atoms with Gasteiger partial charge in [0.15, 0.2) is 0 Å². The van der Waals surface area contributed by atoms with Crippen LogP contribution in [0.15, 0.2) is 23.1 Å². The molecule has 0 amide bonds. The van der Waals surface area contributed by atoms with Gasteiger partial charge < -0.3 is 11.1 Å². The molecule has 0 aromatic heterocycles. The predicted molar refractivity (Wildman–Crippen MR) is 84.5 cm³/mol. The Balaban J connectivity index is 1.78. The van der Waals surface area contributed by atoms with E-state index in [4.69, 9.17) is 5.73 Å². The van der Waals surface area contributed by atoms with Crippen LogP contribution in [0.25, 0.3) is 0 Å². The van der Waals surface area contributed by atoms with Crippen LogP contribution in [-0.4, -0.2) is 22.0 Å². The van der Waals surface area contributed by atoms with Crippen LogP contribution in [0.4, 0.5) is 11.4 Å². The molecule has 21 heavy (non-hydrogen) atoms. The van der Waals surface area contributed by atoms with E-state index in [0.29, 0.717) is 17.3 Å². The third-order valence-corrected chi connectivity index (χ3v) is 6.00. The van der Waals surface area contributed by atoms with Crippen molar-refractivity contribution in [2.75, 3.05) is 24.6 Å². The number of nitrogen functional groups attached to an aromatic ring is 1. The van der Waals surface area contributed by atoms with Crippen LogP contribution in [-0.2, 0) is 10.0 Å². The van der Waals surface area contributed by atoms with Gasteiger partial charge in [0, 0.05) is 12.2 Å². The van der Waals surface area contributed by atoms with Gasteiger partial charge in [0.1, 0.15) is 4.90 Å². The highest BCUT2D eigenvalue weighted by atomic mass is 32.2. The van der Waals surface area contributed by atoms with Crippen molar-refractivity contribution < 1.29 is 8.42 Å². The van der Waals surface area contributed by atoms with E-state index in [2.05, 4.69) is 10.0 Å². The molecule has 0 spiro atoms. The van der Waals surface area contributed by atoms with Crippen LogP contribution in [0.1, 0.15) is 25.7 Å². The molecular weight excluding hydrogens is 286 g/mol. The first-order valence-corrected chi connectivity index (χ1v) is 9.06. The Morgan fingerprint density at radius 1 is 1.24 bits per heavy atom. The number of nitrogens with one attached hydrogen (secondary N) is 2. The monoisotopic (exact) mass is 309 g/mol. The SMILES string of the molecule is CNS(=O)(=O)c1cc(N)ccc1NCC(C1CC1)C1CC1. The number of anilines is 2. The second-order valence-electron chi connectivity index (χ2n) is 6.18. The summed E-state index contributed by atoms with van der Waals surface area (Å²) >= 11 is 0. The average molecular weight is 309 g/mol. The van der Waals surface area contributed by atoms with Crippen molar-refractivity contribution in [2.24, 2.45) is 17.8 Å². The third-order valence-electron chi connectivity index (χ3n) is 4.55. The van der Waals surface area contributed by atoms with Gasteiger partial charge in [-0.25, -0.2) is 13.1 Å². The second kappa shape index (κ2) is 5.50. The summed E-state index contributed by atoms with van der Waals surface area (Å²) in [4.78, 5) is 0.232. The Morgan fingerprint density at radius 2 is 1.86 bits per heavy atom. The molecule has 1 aromatic rings. The zero-order valence-electron chi connectivity index (χ0n) is 12.3. The highest BCUT2D eigenvalue weighted by Gasteiger charge is 2.41. The molecule has 2 aliphatic rings. The van der Waals surface area contributed by atoms with Crippen LogP contribution in [0.3, 0.4) is 0 Å². The van der Waals surface area contributed by atoms with Crippen molar-refractivity contribution in [1.29, 1.82) is 0 Å². The summed E-state index contributed by atoms with van der Waals surface area (Å²) in [5, 5.41) is 3.35. The molecule has 0 saturated heterocycles. The molecular formula is C15H23N3O2S. The van der Waals surface area contributed by atoms with Crippen LogP contribution in [0.5, 0.6) is 0 Å². The van der Waals surface area contributed by atoms with Gasteiger partial charge >= 0.3 is 0 Å². The van der Waals surface area contributed by atoms with E-state index in [-0.39, 0.29) is 4.90 Å². The summed E-state index contributed by atoms with van der Waals surface area (Å²) < 4.78 is 26.6. The van der Waals surface area contributed by atoms with Crippen LogP contribution in [0.2, 0.25) is 0 Å². The first-order valence-electron chi connectivity index (χ1n) is 7.58. The lowest BCUT2D eigenvalue weighted by Gasteiger charge is -2.19. The fourth-order valence-corrected chi connectivity index (χ4v) is 3.95. The lowest BCUT2D eigenvalue weighted by atomic mass is 9.98. The largest absolute Gasteiger partial charge is 0.399 e. The van der Waals surface area contributed by atoms with Gasteiger partial charge in [-0.15, -0.1) is 0 Å². The van der Waals surface area contributed by atoms with Crippen LogP contribution in [0, 0.1) is 17.8 Å². The number of hydrogen-bond donors (Lipinski definition) is 3. The summed E-state index contributed by atoms with van der Waals surface area (Å²) in [7, 11) is -2.08. The molecule has 5 nitrogen and oxygen atoms in total. The van der Waals surface area contributed by atoms with Crippen LogP contribution >= 0.6 is 0 Å². The molecule has 116 valence electrons. The molecule has 3 rings (SSSR count). The number of nitrogens with two attached hydrogens (primary N) is 1. The Kier molecular flexibility index (Phi) is 3.84. The van der Waals surface area contributed by atoms with Gasteiger partial charge in [0.2, 0.25) is 10.0 Å². The molecule has 6 heteroatoms. The normalized spacial score (nSPS) is 19.0. The maximum absolute atomic E-state index is 12.1. The van der Waals surface area contributed by atoms with Crippen molar-refractivity contribution in [2.45, 2.75) is 30.6 Å². The Labute approximate surface area is 126 Å². The molecule has 4 N–H and O–H groups in total. The summed E-state index contributed by atoms with van der Waals surface area (Å²) in [6.45, 7) is 0.853. The van der Waals surface area contributed by atoms with Gasteiger partial charge in [-0.05, 0) is 68.7 Å². The topological polar surface area (TPSA) is 84.2 Å². The van der Waals surface area contributed by atoms with Crippen molar-refractivity contribution in [3.05, 3.63) is 18.2 Å². The molecule has 2 aliphatic carbocycles. The molecule has 0 aliphatic heterocycles. The van der Waals surface area contributed by atoms with Gasteiger partial charge in [-0.3, -0.25) is 0 Å². The van der Waals surface area contributed by atoms with E-state index in [1.54, 1.807) is 12.1 Å². The summed E-state index contributed by atoms with van der Waals surface area (Å²) in [5.41, 5.74) is 6.83. The Hall–Kier alpha value is -1.27. The van der Waals surface area contributed by atoms with Gasteiger partial charge in [0.25, 0.3) is 0 Å². The minimum absolute atomic E-state index is 0.232. The van der Waals surface area contributed by atoms with Crippen molar-refractivity contribution in [1.82, 2.24) is 4.72 Å². The Morgan fingerprint density at radius 3 is 2.38 bits per heavy atom. The smallest absolute Gasteiger partial charge is 0.242 e. The van der Waals surface area contributed by atoms with Crippen LogP contribution < -0.4 is 15.8 Å². The van der Waals surface area contributed by atoms with E-state index in [1.807, 2.05) is 0 Å². The lowest BCUT2D eigenvalue weighted by Crippen LogP contribution is -2.23. The summed E-state index contributed by atoms with van der Waals surface area (Å²) in [5.74, 6) is 2.36. The average Bonchev–Trinajstić information content (AvgIpc) is 3.34. The minimum atomic E-state index is -3.50. The van der Waals surface area contributed by atoms with E-state index in [0.717, 1.165) is 18.4 Å². The molecule has 0 radical (unpaired) electrons. The van der Waals surface area contributed by atoms with Crippen molar-refractivity contribution >= 4 is 21.4 Å².